The lowest BCUT2D eigenvalue weighted by atomic mass is 10.1. The van der Waals surface area contributed by atoms with Crippen molar-refractivity contribution >= 4 is 5.69 Å². The number of piperazine rings is 1. The first kappa shape index (κ1) is 16.2. The van der Waals surface area contributed by atoms with E-state index in [2.05, 4.69) is 35.9 Å². The van der Waals surface area contributed by atoms with Gasteiger partial charge < -0.3 is 15.1 Å². The van der Waals surface area contributed by atoms with E-state index in [1.165, 1.54) is 0 Å². The van der Waals surface area contributed by atoms with Crippen molar-refractivity contribution in [2.75, 3.05) is 37.6 Å². The summed E-state index contributed by atoms with van der Waals surface area (Å²) in [6.45, 7) is 12.3. The van der Waals surface area contributed by atoms with Crippen molar-refractivity contribution in [1.82, 2.24) is 10.2 Å². The van der Waals surface area contributed by atoms with Crippen LogP contribution in [0.3, 0.4) is 0 Å². The molecule has 1 aromatic rings. The molecule has 0 saturated carbocycles. The van der Waals surface area contributed by atoms with Crippen molar-refractivity contribution in [2.24, 2.45) is 0 Å². The molecule has 1 fully saturated rings. The summed E-state index contributed by atoms with van der Waals surface area (Å²) in [4.78, 5) is 4.58. The van der Waals surface area contributed by atoms with Gasteiger partial charge in [-0.1, -0.05) is 19.9 Å². The van der Waals surface area contributed by atoms with Crippen molar-refractivity contribution in [3.05, 3.63) is 29.6 Å². The van der Waals surface area contributed by atoms with Gasteiger partial charge in [0.25, 0.3) is 0 Å². The van der Waals surface area contributed by atoms with Gasteiger partial charge >= 0.3 is 0 Å². The van der Waals surface area contributed by atoms with Crippen molar-refractivity contribution in [3.8, 4) is 0 Å². The summed E-state index contributed by atoms with van der Waals surface area (Å²) in [5.41, 5.74) is 1.92. The first-order valence-electron chi connectivity index (χ1n) is 8.13. The summed E-state index contributed by atoms with van der Waals surface area (Å²) < 4.78 is 14.1. The maximum absolute atomic E-state index is 14.1. The molecule has 1 aliphatic heterocycles. The van der Waals surface area contributed by atoms with E-state index in [0.717, 1.165) is 56.9 Å². The number of hydrogen-bond acceptors (Lipinski definition) is 3. The van der Waals surface area contributed by atoms with Crippen LogP contribution < -0.4 is 10.2 Å². The van der Waals surface area contributed by atoms with Crippen LogP contribution in [0.2, 0.25) is 0 Å². The molecule has 0 radical (unpaired) electrons. The Balaban J connectivity index is 2.02. The standard InChI is InChI=1S/C17H28FN3/c1-4-14(3)19-13-15-6-7-16(18)17(12-15)21-10-8-20(5-2)9-11-21/h6-7,12,14,19H,4-5,8-11,13H2,1-3H3. The molecule has 1 aliphatic rings. The van der Waals surface area contributed by atoms with Gasteiger partial charge in [0.1, 0.15) is 5.82 Å². The molecule has 0 aromatic heterocycles. The zero-order valence-electron chi connectivity index (χ0n) is 13.5. The van der Waals surface area contributed by atoms with Crippen LogP contribution >= 0.6 is 0 Å². The summed E-state index contributed by atoms with van der Waals surface area (Å²) >= 11 is 0. The maximum Gasteiger partial charge on any atom is 0.146 e. The first-order chi connectivity index (χ1) is 10.1. The second-order valence-corrected chi connectivity index (χ2v) is 5.90. The molecule has 1 heterocycles. The third-order valence-corrected chi connectivity index (χ3v) is 4.44. The second kappa shape index (κ2) is 7.76. The molecule has 1 N–H and O–H groups in total. The Bertz CT molecular complexity index is 442. The zero-order chi connectivity index (χ0) is 15.2. The van der Waals surface area contributed by atoms with Gasteiger partial charge in [0.2, 0.25) is 0 Å². The predicted molar refractivity (Wildman–Crippen MR) is 87.3 cm³/mol. The lowest BCUT2D eigenvalue weighted by Gasteiger charge is -2.35. The average Bonchev–Trinajstić information content (AvgIpc) is 2.54. The lowest BCUT2D eigenvalue weighted by Crippen LogP contribution is -2.46. The normalized spacial score (nSPS) is 18.0. The van der Waals surface area contributed by atoms with Gasteiger partial charge in [-0.25, -0.2) is 4.39 Å². The van der Waals surface area contributed by atoms with Gasteiger partial charge in [-0.2, -0.15) is 0 Å². The number of hydrogen-bond donors (Lipinski definition) is 1. The number of nitrogens with zero attached hydrogens (tertiary/aromatic N) is 2. The lowest BCUT2D eigenvalue weighted by molar-refractivity contribution is 0.270. The van der Waals surface area contributed by atoms with E-state index < -0.39 is 0 Å². The Hall–Kier alpha value is -1.13. The summed E-state index contributed by atoms with van der Waals surface area (Å²) in [5, 5.41) is 3.47. The van der Waals surface area contributed by atoms with E-state index in [-0.39, 0.29) is 5.82 Å². The minimum atomic E-state index is -0.104. The molecule has 0 bridgehead atoms. The van der Waals surface area contributed by atoms with Gasteiger partial charge in [-0.3, -0.25) is 0 Å². The SMILES string of the molecule is CCC(C)NCc1ccc(F)c(N2CCN(CC)CC2)c1. The third kappa shape index (κ3) is 4.42. The Kier molecular flexibility index (Phi) is 6.00. The minimum Gasteiger partial charge on any atom is -0.367 e. The fraction of sp³-hybridized carbons (Fsp3) is 0.647. The highest BCUT2D eigenvalue weighted by Crippen LogP contribution is 2.22. The van der Waals surface area contributed by atoms with E-state index in [0.29, 0.717) is 6.04 Å². The molecule has 0 spiro atoms. The van der Waals surface area contributed by atoms with Crippen LogP contribution in [-0.2, 0) is 6.54 Å². The average molecular weight is 293 g/mol. The van der Waals surface area contributed by atoms with E-state index in [1.807, 2.05) is 12.1 Å². The van der Waals surface area contributed by atoms with Gasteiger partial charge in [-0.15, -0.1) is 0 Å². The van der Waals surface area contributed by atoms with Crippen LogP contribution in [0.5, 0.6) is 0 Å². The number of nitrogens with one attached hydrogen (secondary N) is 1. The Morgan fingerprint density at radius 1 is 1.19 bits per heavy atom. The molecule has 1 atom stereocenters. The van der Waals surface area contributed by atoms with Gasteiger partial charge in [0.15, 0.2) is 0 Å². The quantitative estimate of drug-likeness (QED) is 0.870. The smallest absolute Gasteiger partial charge is 0.146 e. The van der Waals surface area contributed by atoms with Crippen molar-refractivity contribution < 1.29 is 4.39 Å². The molecule has 2 rings (SSSR count). The monoisotopic (exact) mass is 293 g/mol. The molecule has 1 saturated heterocycles. The maximum atomic E-state index is 14.1. The van der Waals surface area contributed by atoms with Crippen LogP contribution in [0, 0.1) is 5.82 Å². The highest BCUT2D eigenvalue weighted by atomic mass is 19.1. The van der Waals surface area contributed by atoms with Gasteiger partial charge in [0.05, 0.1) is 5.69 Å². The van der Waals surface area contributed by atoms with E-state index in [9.17, 15) is 4.39 Å². The summed E-state index contributed by atoms with van der Waals surface area (Å²) in [5.74, 6) is -0.104. The molecule has 1 aromatic carbocycles. The summed E-state index contributed by atoms with van der Waals surface area (Å²) in [6, 6.07) is 5.99. The molecule has 1 unspecified atom stereocenters. The molecule has 118 valence electrons. The topological polar surface area (TPSA) is 18.5 Å². The van der Waals surface area contributed by atoms with Crippen molar-refractivity contribution in [1.29, 1.82) is 0 Å². The van der Waals surface area contributed by atoms with E-state index >= 15 is 0 Å². The molecule has 21 heavy (non-hydrogen) atoms. The first-order valence-corrected chi connectivity index (χ1v) is 8.13. The second-order valence-electron chi connectivity index (χ2n) is 5.90. The largest absolute Gasteiger partial charge is 0.367 e. The number of rotatable bonds is 6. The van der Waals surface area contributed by atoms with Crippen LogP contribution in [0.25, 0.3) is 0 Å². The number of anilines is 1. The molecule has 0 amide bonds. The zero-order valence-corrected chi connectivity index (χ0v) is 13.5. The molecule has 3 nitrogen and oxygen atoms in total. The van der Waals surface area contributed by atoms with E-state index in [4.69, 9.17) is 0 Å². The van der Waals surface area contributed by atoms with Crippen LogP contribution in [0.15, 0.2) is 18.2 Å². The highest BCUT2D eigenvalue weighted by molar-refractivity contribution is 5.50. The highest BCUT2D eigenvalue weighted by Gasteiger charge is 2.18. The van der Waals surface area contributed by atoms with Crippen molar-refractivity contribution in [2.45, 2.75) is 39.8 Å². The fourth-order valence-corrected chi connectivity index (χ4v) is 2.65. The van der Waals surface area contributed by atoms with Gasteiger partial charge in [-0.05, 0) is 37.6 Å². The Labute approximate surface area is 128 Å². The number of halogens is 1. The molecular weight excluding hydrogens is 265 g/mol. The van der Waals surface area contributed by atoms with Crippen molar-refractivity contribution in [3.63, 3.8) is 0 Å². The number of benzene rings is 1. The predicted octanol–water partition coefficient (Wildman–Crippen LogP) is 2.86. The van der Waals surface area contributed by atoms with Gasteiger partial charge in [0, 0.05) is 38.8 Å². The van der Waals surface area contributed by atoms with Crippen LogP contribution in [0.4, 0.5) is 10.1 Å². The molecule has 0 aliphatic carbocycles. The number of likely N-dealkylation sites (N-methyl/N-ethyl adjacent to an activating group) is 1. The van der Waals surface area contributed by atoms with Crippen LogP contribution in [-0.4, -0.2) is 43.7 Å². The Morgan fingerprint density at radius 2 is 1.90 bits per heavy atom. The molecular formula is C17H28FN3. The minimum absolute atomic E-state index is 0.104. The van der Waals surface area contributed by atoms with E-state index in [1.54, 1.807) is 6.07 Å². The Morgan fingerprint density at radius 3 is 2.52 bits per heavy atom. The third-order valence-electron chi connectivity index (χ3n) is 4.44. The molecule has 4 heteroatoms. The van der Waals surface area contributed by atoms with Crippen LogP contribution in [0.1, 0.15) is 32.8 Å². The summed E-state index contributed by atoms with van der Waals surface area (Å²) in [6.07, 6.45) is 1.10. The summed E-state index contributed by atoms with van der Waals surface area (Å²) in [7, 11) is 0. The fourth-order valence-electron chi connectivity index (χ4n) is 2.65.